The minimum atomic E-state index is 0.112. The van der Waals surface area contributed by atoms with Crippen LogP contribution in [0.1, 0.15) is 25.7 Å². The van der Waals surface area contributed by atoms with Crippen LogP contribution >= 0.6 is 0 Å². The molecular weight excluding hydrogens is 156 g/mol. The summed E-state index contributed by atoms with van der Waals surface area (Å²) < 4.78 is 0. The highest BCUT2D eigenvalue weighted by atomic mass is 16.2. The van der Waals surface area contributed by atoms with Gasteiger partial charge in [-0.2, -0.15) is 0 Å². The van der Waals surface area contributed by atoms with Crippen LogP contribution in [0.15, 0.2) is 0 Å². The van der Waals surface area contributed by atoms with E-state index in [-0.39, 0.29) is 23.9 Å². The molecule has 2 aliphatic rings. The molecule has 2 N–H and O–H groups in total. The van der Waals surface area contributed by atoms with E-state index in [1.807, 2.05) is 0 Å². The van der Waals surface area contributed by atoms with Gasteiger partial charge in [-0.05, 0) is 12.8 Å². The van der Waals surface area contributed by atoms with Gasteiger partial charge in [0.15, 0.2) is 0 Å². The summed E-state index contributed by atoms with van der Waals surface area (Å²) in [6.45, 7) is 0. The highest BCUT2D eigenvalue weighted by Gasteiger charge is 2.32. The first-order valence-electron chi connectivity index (χ1n) is 4.34. The molecule has 0 aromatic carbocycles. The molecule has 0 spiro atoms. The molecule has 66 valence electrons. The fourth-order valence-electron chi connectivity index (χ4n) is 1.88. The lowest BCUT2D eigenvalue weighted by atomic mass is 10.1. The Morgan fingerprint density at radius 1 is 0.917 bits per heavy atom. The first kappa shape index (κ1) is 7.58. The third-order valence-electron chi connectivity index (χ3n) is 2.54. The van der Waals surface area contributed by atoms with Crippen LogP contribution in [0.5, 0.6) is 0 Å². The molecule has 2 amide bonds. The fraction of sp³-hybridized carbons (Fsp3) is 0.750. The van der Waals surface area contributed by atoms with E-state index < -0.39 is 0 Å². The highest BCUT2D eigenvalue weighted by Crippen LogP contribution is 2.17. The minimum Gasteiger partial charge on any atom is -0.351 e. The lowest BCUT2D eigenvalue weighted by Crippen LogP contribution is -2.43. The Balaban J connectivity index is 1.93. The highest BCUT2D eigenvalue weighted by molar-refractivity contribution is 5.81. The zero-order chi connectivity index (χ0) is 8.55. The normalized spacial score (nSPS) is 35.0. The quantitative estimate of drug-likeness (QED) is 0.557. The van der Waals surface area contributed by atoms with Crippen molar-refractivity contribution >= 4 is 11.8 Å². The number of rotatable bonds is 1. The van der Waals surface area contributed by atoms with E-state index in [9.17, 15) is 9.59 Å². The van der Waals surface area contributed by atoms with Gasteiger partial charge in [-0.3, -0.25) is 9.59 Å². The molecule has 4 nitrogen and oxygen atoms in total. The van der Waals surface area contributed by atoms with E-state index in [2.05, 4.69) is 10.6 Å². The predicted octanol–water partition coefficient (Wildman–Crippen LogP) is -0.456. The number of carbonyl (C=O) groups excluding carboxylic acids is 2. The van der Waals surface area contributed by atoms with Gasteiger partial charge in [0.2, 0.25) is 11.8 Å². The molecule has 2 saturated heterocycles. The molecule has 0 aliphatic carbocycles. The molecule has 0 bridgehead atoms. The smallest absolute Gasteiger partial charge is 0.220 e. The maximum absolute atomic E-state index is 10.9. The van der Waals surface area contributed by atoms with Crippen molar-refractivity contribution in [3.8, 4) is 0 Å². The zero-order valence-electron chi connectivity index (χ0n) is 6.80. The average Bonchev–Trinajstić information content (AvgIpc) is 2.58. The van der Waals surface area contributed by atoms with Gasteiger partial charge < -0.3 is 10.6 Å². The largest absolute Gasteiger partial charge is 0.351 e. The van der Waals surface area contributed by atoms with Gasteiger partial charge in [0.25, 0.3) is 0 Å². The van der Waals surface area contributed by atoms with E-state index in [0.717, 1.165) is 12.8 Å². The van der Waals surface area contributed by atoms with Gasteiger partial charge in [0, 0.05) is 24.9 Å². The van der Waals surface area contributed by atoms with E-state index >= 15 is 0 Å². The molecule has 4 heteroatoms. The fourth-order valence-corrected chi connectivity index (χ4v) is 1.88. The van der Waals surface area contributed by atoms with Crippen LogP contribution in [-0.4, -0.2) is 23.9 Å². The first-order valence-corrected chi connectivity index (χ1v) is 4.34. The summed E-state index contributed by atoms with van der Waals surface area (Å²) in [5.74, 6) is 0.224. The van der Waals surface area contributed by atoms with Crippen LogP contribution in [-0.2, 0) is 9.59 Å². The topological polar surface area (TPSA) is 58.2 Å². The molecular formula is C8H12N2O2. The van der Waals surface area contributed by atoms with Crippen LogP contribution in [0.2, 0.25) is 0 Å². The Morgan fingerprint density at radius 2 is 1.33 bits per heavy atom. The number of hydrogen-bond acceptors (Lipinski definition) is 2. The first-order chi connectivity index (χ1) is 5.75. The number of amides is 2. The lowest BCUT2D eigenvalue weighted by Gasteiger charge is -2.17. The van der Waals surface area contributed by atoms with E-state index in [4.69, 9.17) is 0 Å². The Morgan fingerprint density at radius 3 is 1.58 bits per heavy atom. The van der Waals surface area contributed by atoms with Crippen LogP contribution in [0.3, 0.4) is 0 Å². The standard InChI is InChI=1S/C8H12N2O2/c11-7-3-1-5(9-7)6-2-4-8(12)10-6/h5-6H,1-4H2,(H,9,11)(H,10,12)/t5-,6-/m1/s1. The maximum Gasteiger partial charge on any atom is 0.220 e. The molecule has 0 radical (unpaired) electrons. The molecule has 2 heterocycles. The SMILES string of the molecule is O=C1CC[C@H]([C@H]2CCC(=O)N2)N1. The van der Waals surface area contributed by atoms with E-state index in [1.165, 1.54) is 0 Å². The van der Waals surface area contributed by atoms with Crippen molar-refractivity contribution < 1.29 is 9.59 Å². The van der Waals surface area contributed by atoms with Gasteiger partial charge in [-0.25, -0.2) is 0 Å². The van der Waals surface area contributed by atoms with Crippen molar-refractivity contribution in [3.63, 3.8) is 0 Å². The van der Waals surface area contributed by atoms with E-state index in [0.29, 0.717) is 12.8 Å². The van der Waals surface area contributed by atoms with Crippen LogP contribution in [0, 0.1) is 0 Å². The van der Waals surface area contributed by atoms with Crippen molar-refractivity contribution in [2.75, 3.05) is 0 Å². The van der Waals surface area contributed by atoms with Crippen LogP contribution in [0.25, 0.3) is 0 Å². The summed E-state index contributed by atoms with van der Waals surface area (Å²) in [4.78, 5) is 21.7. The molecule has 0 unspecified atom stereocenters. The Bertz CT molecular complexity index is 203. The molecule has 2 atom stereocenters. The summed E-state index contributed by atoms with van der Waals surface area (Å²) in [5, 5.41) is 5.73. The Labute approximate surface area is 70.7 Å². The molecule has 0 aromatic heterocycles. The van der Waals surface area contributed by atoms with Crippen molar-refractivity contribution in [3.05, 3.63) is 0 Å². The second-order valence-corrected chi connectivity index (χ2v) is 3.43. The third-order valence-corrected chi connectivity index (χ3v) is 2.54. The molecule has 2 aliphatic heterocycles. The molecule has 2 rings (SSSR count). The van der Waals surface area contributed by atoms with Crippen molar-refractivity contribution in [2.24, 2.45) is 0 Å². The predicted molar refractivity (Wildman–Crippen MR) is 42.3 cm³/mol. The lowest BCUT2D eigenvalue weighted by molar-refractivity contribution is -0.120. The summed E-state index contributed by atoms with van der Waals surface area (Å²) in [6.07, 6.45) is 2.95. The Hall–Kier alpha value is -1.06. The van der Waals surface area contributed by atoms with Crippen molar-refractivity contribution in [2.45, 2.75) is 37.8 Å². The van der Waals surface area contributed by atoms with Crippen LogP contribution in [0.4, 0.5) is 0 Å². The number of nitrogens with one attached hydrogen (secondary N) is 2. The van der Waals surface area contributed by atoms with Crippen LogP contribution < -0.4 is 10.6 Å². The van der Waals surface area contributed by atoms with Gasteiger partial charge in [-0.15, -0.1) is 0 Å². The van der Waals surface area contributed by atoms with Gasteiger partial charge >= 0.3 is 0 Å². The average molecular weight is 168 g/mol. The summed E-state index contributed by atoms with van der Waals surface area (Å²) in [6, 6.07) is 0.368. The van der Waals surface area contributed by atoms with Crippen molar-refractivity contribution in [1.29, 1.82) is 0 Å². The van der Waals surface area contributed by atoms with Gasteiger partial charge in [0.1, 0.15) is 0 Å². The van der Waals surface area contributed by atoms with Gasteiger partial charge in [0.05, 0.1) is 0 Å². The molecule has 2 fully saturated rings. The van der Waals surface area contributed by atoms with Gasteiger partial charge in [-0.1, -0.05) is 0 Å². The summed E-state index contributed by atoms with van der Waals surface area (Å²) in [7, 11) is 0. The minimum absolute atomic E-state index is 0.112. The summed E-state index contributed by atoms with van der Waals surface area (Å²) in [5.41, 5.74) is 0. The molecule has 0 aromatic rings. The number of hydrogen-bond donors (Lipinski definition) is 2. The van der Waals surface area contributed by atoms with Crippen molar-refractivity contribution in [1.82, 2.24) is 10.6 Å². The molecule has 12 heavy (non-hydrogen) atoms. The molecule has 0 saturated carbocycles. The third kappa shape index (κ3) is 1.29. The monoisotopic (exact) mass is 168 g/mol. The second kappa shape index (κ2) is 2.77. The van der Waals surface area contributed by atoms with E-state index in [1.54, 1.807) is 0 Å². The number of carbonyl (C=O) groups is 2. The second-order valence-electron chi connectivity index (χ2n) is 3.43. The maximum atomic E-state index is 10.9. The summed E-state index contributed by atoms with van der Waals surface area (Å²) >= 11 is 0. The Kier molecular flexibility index (Phi) is 1.75. The zero-order valence-corrected chi connectivity index (χ0v) is 6.80.